The summed E-state index contributed by atoms with van der Waals surface area (Å²) in [7, 11) is -6.80. The Kier molecular flexibility index (Phi) is 5.13. The van der Waals surface area contributed by atoms with Gasteiger partial charge in [0.1, 0.15) is 5.67 Å². The van der Waals surface area contributed by atoms with E-state index in [9.17, 15) is 21.2 Å². The quantitative estimate of drug-likeness (QED) is 0.803. The third kappa shape index (κ3) is 4.39. The first kappa shape index (κ1) is 17.6. The van der Waals surface area contributed by atoms with E-state index >= 15 is 0 Å². The summed E-state index contributed by atoms with van der Waals surface area (Å²) in [6.45, 7) is 1.14. The molecule has 2 rings (SSSR count). The standard InChI is InChI=1S/C14H22FNO4S2/c1-21(17,18)12-2-4-13(5-3-12)22(19,20)11-8-14(15)6-9-16-10-7-14/h2-4,13,16H,5-11H2,1H3. The fraction of sp³-hybridized carbons (Fsp3) is 0.714. The van der Waals surface area contributed by atoms with Gasteiger partial charge in [0.05, 0.1) is 15.9 Å². The summed E-state index contributed by atoms with van der Waals surface area (Å²) < 4.78 is 61.9. The molecule has 1 aliphatic heterocycles. The van der Waals surface area contributed by atoms with Crippen LogP contribution in [0.5, 0.6) is 0 Å². The van der Waals surface area contributed by atoms with Gasteiger partial charge < -0.3 is 5.32 Å². The number of hydrogen-bond acceptors (Lipinski definition) is 5. The van der Waals surface area contributed by atoms with Gasteiger partial charge in [-0.25, -0.2) is 21.2 Å². The molecule has 22 heavy (non-hydrogen) atoms. The van der Waals surface area contributed by atoms with Crippen molar-refractivity contribution < 1.29 is 21.2 Å². The third-order valence-corrected chi connectivity index (χ3v) is 7.45. The van der Waals surface area contributed by atoms with Crippen molar-refractivity contribution in [1.82, 2.24) is 5.32 Å². The van der Waals surface area contributed by atoms with E-state index in [1.54, 1.807) is 0 Å². The molecule has 1 heterocycles. The highest BCUT2D eigenvalue weighted by atomic mass is 32.2. The first-order chi connectivity index (χ1) is 10.1. The Bertz CT molecular complexity index is 674. The largest absolute Gasteiger partial charge is 0.316 e. The van der Waals surface area contributed by atoms with E-state index < -0.39 is 30.6 Å². The second kappa shape index (κ2) is 6.41. The maximum Gasteiger partial charge on any atom is 0.175 e. The highest BCUT2D eigenvalue weighted by Gasteiger charge is 2.35. The van der Waals surface area contributed by atoms with Crippen LogP contribution in [0.3, 0.4) is 0 Å². The van der Waals surface area contributed by atoms with Crippen LogP contribution < -0.4 is 5.32 Å². The minimum absolute atomic E-state index is 0.00397. The number of halogens is 1. The topological polar surface area (TPSA) is 80.3 Å². The number of allylic oxidation sites excluding steroid dienone is 2. The zero-order valence-electron chi connectivity index (χ0n) is 12.6. The number of piperidine rings is 1. The van der Waals surface area contributed by atoms with Crippen molar-refractivity contribution >= 4 is 19.7 Å². The van der Waals surface area contributed by atoms with Gasteiger partial charge in [-0.3, -0.25) is 0 Å². The van der Waals surface area contributed by atoms with Crippen LogP contribution in [0.2, 0.25) is 0 Å². The first-order valence-corrected chi connectivity index (χ1v) is 10.9. The van der Waals surface area contributed by atoms with E-state index in [0.717, 1.165) is 6.26 Å². The Morgan fingerprint density at radius 1 is 1.27 bits per heavy atom. The lowest BCUT2D eigenvalue weighted by molar-refractivity contribution is 0.112. The molecule has 1 fully saturated rings. The maximum atomic E-state index is 14.5. The highest BCUT2D eigenvalue weighted by Crippen LogP contribution is 2.29. The van der Waals surface area contributed by atoms with Crippen molar-refractivity contribution in [2.24, 2.45) is 0 Å². The average molecular weight is 351 g/mol. The van der Waals surface area contributed by atoms with E-state index in [2.05, 4.69) is 5.32 Å². The summed E-state index contributed by atoms with van der Waals surface area (Å²) in [4.78, 5) is 0.138. The number of alkyl halides is 1. The van der Waals surface area contributed by atoms with Crippen LogP contribution in [-0.4, -0.2) is 52.9 Å². The molecule has 0 spiro atoms. The van der Waals surface area contributed by atoms with E-state index in [1.807, 2.05) is 0 Å². The van der Waals surface area contributed by atoms with Crippen molar-refractivity contribution in [3.8, 4) is 0 Å². The molecule has 0 aromatic heterocycles. The number of hydrogen-bond donors (Lipinski definition) is 1. The molecule has 5 nitrogen and oxygen atoms in total. The van der Waals surface area contributed by atoms with E-state index in [1.165, 1.54) is 18.2 Å². The fourth-order valence-electron chi connectivity index (χ4n) is 2.72. The minimum Gasteiger partial charge on any atom is -0.316 e. The van der Waals surface area contributed by atoms with Gasteiger partial charge in [0, 0.05) is 6.26 Å². The molecule has 0 aromatic carbocycles. The van der Waals surface area contributed by atoms with Crippen LogP contribution in [0.25, 0.3) is 0 Å². The summed E-state index contributed by atoms with van der Waals surface area (Å²) >= 11 is 0. The van der Waals surface area contributed by atoms with Crippen LogP contribution in [0.1, 0.15) is 25.7 Å². The molecule has 1 aliphatic carbocycles. The number of sulfone groups is 2. The molecule has 0 radical (unpaired) electrons. The van der Waals surface area contributed by atoms with Gasteiger partial charge in [-0.1, -0.05) is 12.2 Å². The lowest BCUT2D eigenvalue weighted by Crippen LogP contribution is -2.40. The molecule has 1 atom stereocenters. The molecule has 2 aliphatic rings. The Morgan fingerprint density at radius 2 is 1.91 bits per heavy atom. The van der Waals surface area contributed by atoms with Gasteiger partial charge in [-0.2, -0.15) is 0 Å². The van der Waals surface area contributed by atoms with E-state index in [0.29, 0.717) is 25.9 Å². The molecule has 1 saturated heterocycles. The Labute approximate surface area is 131 Å². The monoisotopic (exact) mass is 351 g/mol. The van der Waals surface area contributed by atoms with Gasteiger partial charge in [-0.05, 0) is 44.8 Å². The SMILES string of the molecule is CS(=O)(=O)C1=CCC(S(=O)(=O)CCC2(F)CCNCC2)C=C1. The summed E-state index contributed by atoms with van der Waals surface area (Å²) in [5, 5.41) is 2.29. The zero-order chi connectivity index (χ0) is 16.4. The van der Waals surface area contributed by atoms with Crippen molar-refractivity contribution in [2.75, 3.05) is 25.1 Å². The second-order valence-corrected chi connectivity index (χ2v) is 10.4. The van der Waals surface area contributed by atoms with E-state index in [-0.39, 0.29) is 23.5 Å². The maximum absolute atomic E-state index is 14.5. The normalized spacial score (nSPS) is 25.7. The predicted molar refractivity (Wildman–Crippen MR) is 84.8 cm³/mol. The third-order valence-electron chi connectivity index (χ3n) is 4.25. The minimum atomic E-state index is -3.48. The molecule has 0 amide bonds. The molecule has 1 N–H and O–H groups in total. The van der Waals surface area contributed by atoms with Gasteiger partial charge >= 0.3 is 0 Å². The zero-order valence-corrected chi connectivity index (χ0v) is 14.2. The molecular formula is C14H22FNO4S2. The van der Waals surface area contributed by atoms with Crippen molar-refractivity contribution in [3.63, 3.8) is 0 Å². The molecule has 1 unspecified atom stereocenters. The van der Waals surface area contributed by atoms with Gasteiger partial charge in [-0.15, -0.1) is 0 Å². The summed E-state index contributed by atoms with van der Waals surface area (Å²) in [6.07, 6.45) is 6.04. The van der Waals surface area contributed by atoms with Gasteiger partial charge in [0.15, 0.2) is 19.7 Å². The van der Waals surface area contributed by atoms with Crippen LogP contribution in [0, 0.1) is 0 Å². The molecule has 0 saturated carbocycles. The fourth-order valence-corrected chi connectivity index (χ4v) is 5.11. The molecular weight excluding hydrogens is 329 g/mol. The second-order valence-electron chi connectivity index (χ2n) is 6.03. The van der Waals surface area contributed by atoms with Crippen molar-refractivity contribution in [3.05, 3.63) is 23.1 Å². The summed E-state index contributed by atoms with van der Waals surface area (Å²) in [5.74, 6) is -0.208. The molecule has 0 bridgehead atoms. The Balaban J connectivity index is 1.98. The lowest BCUT2D eigenvalue weighted by Gasteiger charge is -2.30. The number of nitrogens with one attached hydrogen (secondary N) is 1. The summed E-state index contributed by atoms with van der Waals surface area (Å²) in [5.41, 5.74) is -1.41. The van der Waals surface area contributed by atoms with Crippen LogP contribution >= 0.6 is 0 Å². The van der Waals surface area contributed by atoms with E-state index in [4.69, 9.17) is 0 Å². The Hall–Kier alpha value is -0.730. The van der Waals surface area contributed by atoms with Crippen LogP contribution in [-0.2, 0) is 19.7 Å². The Morgan fingerprint density at radius 3 is 2.41 bits per heavy atom. The molecule has 0 aromatic rings. The van der Waals surface area contributed by atoms with Crippen molar-refractivity contribution in [1.29, 1.82) is 0 Å². The van der Waals surface area contributed by atoms with Crippen LogP contribution in [0.4, 0.5) is 4.39 Å². The molecule has 8 heteroatoms. The lowest BCUT2D eigenvalue weighted by atomic mass is 9.92. The highest BCUT2D eigenvalue weighted by molar-refractivity contribution is 7.94. The smallest absolute Gasteiger partial charge is 0.175 e. The molecule has 126 valence electrons. The number of rotatable bonds is 5. The first-order valence-electron chi connectivity index (χ1n) is 7.32. The summed E-state index contributed by atoms with van der Waals surface area (Å²) in [6, 6.07) is 0. The van der Waals surface area contributed by atoms with Crippen LogP contribution in [0.15, 0.2) is 23.1 Å². The van der Waals surface area contributed by atoms with Gasteiger partial charge in [0.2, 0.25) is 0 Å². The average Bonchev–Trinajstić information content (AvgIpc) is 2.46. The van der Waals surface area contributed by atoms with Gasteiger partial charge in [0.25, 0.3) is 0 Å². The van der Waals surface area contributed by atoms with Crippen molar-refractivity contribution in [2.45, 2.75) is 36.6 Å². The predicted octanol–water partition coefficient (Wildman–Crippen LogP) is 1.14.